The Morgan fingerprint density at radius 2 is 1.62 bits per heavy atom. The van der Waals surface area contributed by atoms with Gasteiger partial charge in [-0.15, -0.1) is 0 Å². The van der Waals surface area contributed by atoms with Crippen molar-refractivity contribution in [3.8, 4) is 5.75 Å². The number of hydrogen-bond donors (Lipinski definition) is 3. The molecule has 133 valence electrons. The number of carboxylic acids is 1. The van der Waals surface area contributed by atoms with E-state index >= 15 is 0 Å². The number of hydrogen-bond acceptors (Lipinski definition) is 4. The third-order valence-corrected chi connectivity index (χ3v) is 3.66. The van der Waals surface area contributed by atoms with Crippen molar-refractivity contribution >= 4 is 36.4 Å². The van der Waals surface area contributed by atoms with Gasteiger partial charge in [-0.3, -0.25) is 4.79 Å². The van der Waals surface area contributed by atoms with Crippen LogP contribution in [0.4, 0.5) is 5.69 Å². The minimum absolute atomic E-state index is 0. The summed E-state index contributed by atoms with van der Waals surface area (Å²) in [5, 5.41) is 11.8. The maximum Gasteiger partial charge on any atom is 0.336 e. The molecule has 0 aliphatic heterocycles. The van der Waals surface area contributed by atoms with Crippen molar-refractivity contribution in [2.24, 2.45) is 0 Å². The van der Waals surface area contributed by atoms with Gasteiger partial charge in [0.25, 0.3) is 5.91 Å². The van der Waals surface area contributed by atoms with Crippen LogP contribution >= 0.6 is 0 Å². The molecule has 4 N–H and O–H groups in total. The Bertz CT molecular complexity index is 720. The summed E-state index contributed by atoms with van der Waals surface area (Å²) in [5.74, 6) is -0.686. The maximum atomic E-state index is 12.1. The minimum atomic E-state index is -1.11. The van der Waals surface area contributed by atoms with Gasteiger partial charge in [-0.05, 0) is 55.7 Å². The summed E-state index contributed by atoms with van der Waals surface area (Å²) >= 11 is 0. The van der Waals surface area contributed by atoms with Crippen molar-refractivity contribution in [1.82, 2.24) is 5.32 Å². The first-order valence-electron chi connectivity index (χ1n) is 8.17. The summed E-state index contributed by atoms with van der Waals surface area (Å²) in [6.07, 6.45) is 2.56. The van der Waals surface area contributed by atoms with E-state index in [2.05, 4.69) is 5.32 Å². The monoisotopic (exact) mass is 349 g/mol. The third kappa shape index (κ3) is 6.83. The molecule has 1 amide bonds. The molecule has 2 aromatic rings. The minimum Gasteiger partial charge on any atom is -0.494 e. The third-order valence-electron chi connectivity index (χ3n) is 3.66. The zero-order valence-electron chi connectivity index (χ0n) is 14.9. The number of rotatable bonds is 9. The van der Waals surface area contributed by atoms with Crippen molar-refractivity contribution in [1.29, 1.82) is 0 Å². The number of benzene rings is 2. The van der Waals surface area contributed by atoms with Gasteiger partial charge in [0.2, 0.25) is 0 Å². The van der Waals surface area contributed by atoms with Crippen LogP contribution in [-0.2, 0) is 0 Å². The summed E-state index contributed by atoms with van der Waals surface area (Å²) in [4.78, 5) is 23.2. The first kappa shape index (κ1) is 21.6. The second-order valence-corrected chi connectivity index (χ2v) is 5.58. The number of carboxylic acid groups (broad SMARTS) is 1. The molecule has 2 aromatic carbocycles. The van der Waals surface area contributed by atoms with Crippen molar-refractivity contribution in [2.75, 3.05) is 18.9 Å². The SMILES string of the molecule is Nc1ccc(OCCCCCNC(=O)c2ccccc2C(=O)O)cc1.[Li]. The van der Waals surface area contributed by atoms with Gasteiger partial charge >= 0.3 is 5.97 Å². The molecule has 1 radical (unpaired) electrons. The topological polar surface area (TPSA) is 102 Å². The van der Waals surface area contributed by atoms with E-state index in [0.717, 1.165) is 25.0 Å². The average Bonchev–Trinajstić information content (AvgIpc) is 2.62. The first-order chi connectivity index (χ1) is 12.1. The van der Waals surface area contributed by atoms with Gasteiger partial charge in [0.1, 0.15) is 5.75 Å². The summed E-state index contributed by atoms with van der Waals surface area (Å²) in [7, 11) is 0. The van der Waals surface area contributed by atoms with E-state index < -0.39 is 5.97 Å². The van der Waals surface area contributed by atoms with Crippen LogP contribution in [0.15, 0.2) is 48.5 Å². The predicted molar refractivity (Wildman–Crippen MR) is 102 cm³/mol. The quantitative estimate of drug-likeness (QED) is 0.367. The number of nitrogens with two attached hydrogens (primary N) is 1. The number of aromatic carboxylic acids is 1. The normalized spacial score (nSPS) is 9.85. The van der Waals surface area contributed by atoms with Gasteiger partial charge in [0.15, 0.2) is 0 Å². The second-order valence-electron chi connectivity index (χ2n) is 5.58. The Balaban J connectivity index is 0.00000338. The maximum absolute atomic E-state index is 12.1. The molecular formula is C19H22LiN2O4. The molecule has 0 bridgehead atoms. The number of carbonyl (C=O) groups excluding carboxylic acids is 1. The fourth-order valence-corrected chi connectivity index (χ4v) is 2.32. The van der Waals surface area contributed by atoms with Crippen LogP contribution in [0.3, 0.4) is 0 Å². The fraction of sp³-hybridized carbons (Fsp3) is 0.263. The van der Waals surface area contributed by atoms with E-state index in [1.807, 2.05) is 12.1 Å². The largest absolute Gasteiger partial charge is 0.494 e. The van der Waals surface area contributed by atoms with E-state index in [1.54, 1.807) is 24.3 Å². The number of amides is 1. The number of carbonyl (C=O) groups is 2. The molecule has 0 atom stereocenters. The van der Waals surface area contributed by atoms with Crippen LogP contribution in [0.1, 0.15) is 40.0 Å². The molecule has 0 spiro atoms. The van der Waals surface area contributed by atoms with Gasteiger partial charge < -0.3 is 20.9 Å². The molecule has 0 heterocycles. The Labute approximate surface area is 164 Å². The Hall–Kier alpha value is -2.42. The van der Waals surface area contributed by atoms with Crippen molar-refractivity contribution in [3.63, 3.8) is 0 Å². The second kappa shape index (κ2) is 11.2. The number of nitrogens with one attached hydrogen (secondary N) is 1. The van der Waals surface area contributed by atoms with Crippen LogP contribution in [0.2, 0.25) is 0 Å². The van der Waals surface area contributed by atoms with E-state index in [4.69, 9.17) is 15.6 Å². The van der Waals surface area contributed by atoms with Crippen LogP contribution in [0.5, 0.6) is 5.75 Å². The van der Waals surface area contributed by atoms with Gasteiger partial charge in [0.05, 0.1) is 17.7 Å². The molecule has 0 saturated carbocycles. The van der Waals surface area contributed by atoms with Crippen LogP contribution in [0.25, 0.3) is 0 Å². The molecular weight excluding hydrogens is 327 g/mol. The van der Waals surface area contributed by atoms with E-state index in [-0.39, 0.29) is 35.9 Å². The summed E-state index contributed by atoms with van der Waals surface area (Å²) in [6.45, 7) is 1.09. The molecule has 0 aliphatic rings. The first-order valence-corrected chi connectivity index (χ1v) is 8.17. The van der Waals surface area contributed by atoms with E-state index in [9.17, 15) is 9.59 Å². The van der Waals surface area contributed by atoms with E-state index in [0.29, 0.717) is 18.8 Å². The molecule has 0 aromatic heterocycles. The van der Waals surface area contributed by atoms with E-state index in [1.165, 1.54) is 12.1 Å². The fourth-order valence-electron chi connectivity index (χ4n) is 2.32. The van der Waals surface area contributed by atoms with Gasteiger partial charge in [-0.2, -0.15) is 0 Å². The Morgan fingerprint density at radius 1 is 0.962 bits per heavy atom. The molecule has 0 fully saturated rings. The molecule has 0 saturated heterocycles. The molecule has 6 nitrogen and oxygen atoms in total. The Morgan fingerprint density at radius 3 is 2.27 bits per heavy atom. The van der Waals surface area contributed by atoms with Crippen molar-refractivity contribution in [2.45, 2.75) is 19.3 Å². The van der Waals surface area contributed by atoms with Crippen molar-refractivity contribution < 1.29 is 19.4 Å². The molecule has 2 rings (SSSR count). The Kier molecular flexibility index (Phi) is 9.35. The van der Waals surface area contributed by atoms with Gasteiger partial charge in [-0.1, -0.05) is 12.1 Å². The predicted octanol–water partition coefficient (Wildman–Crippen LogP) is 2.57. The molecule has 0 unspecified atom stereocenters. The van der Waals surface area contributed by atoms with Crippen LogP contribution in [-0.4, -0.2) is 49.0 Å². The number of anilines is 1. The number of nitrogen functional groups attached to an aromatic ring is 1. The van der Waals surface area contributed by atoms with Crippen molar-refractivity contribution in [3.05, 3.63) is 59.7 Å². The summed E-state index contributed by atoms with van der Waals surface area (Å²) in [6, 6.07) is 13.4. The molecule has 7 heteroatoms. The van der Waals surface area contributed by atoms with Gasteiger partial charge in [-0.25, -0.2) is 4.79 Å². The number of ether oxygens (including phenoxy) is 1. The number of unbranched alkanes of at least 4 members (excludes halogenated alkanes) is 2. The van der Waals surface area contributed by atoms with Gasteiger partial charge in [0, 0.05) is 31.1 Å². The van der Waals surface area contributed by atoms with Crippen LogP contribution in [0, 0.1) is 0 Å². The van der Waals surface area contributed by atoms with Crippen LogP contribution < -0.4 is 15.8 Å². The zero-order chi connectivity index (χ0) is 18.1. The standard InChI is InChI=1S/C19H22N2O4.Li/c20-14-8-10-15(11-9-14)25-13-5-1-4-12-21-18(22)16-6-2-3-7-17(16)19(23)24;/h2-3,6-11H,1,4-5,12-13,20H2,(H,21,22)(H,23,24);. The average molecular weight is 349 g/mol. The smallest absolute Gasteiger partial charge is 0.336 e. The molecule has 0 aliphatic carbocycles. The summed E-state index contributed by atoms with van der Waals surface area (Å²) in [5.41, 5.74) is 6.50. The summed E-state index contributed by atoms with van der Waals surface area (Å²) < 4.78 is 5.59. The zero-order valence-corrected chi connectivity index (χ0v) is 14.9. The molecule has 26 heavy (non-hydrogen) atoms.